The van der Waals surface area contributed by atoms with Crippen molar-refractivity contribution in [3.05, 3.63) is 18.7 Å². The van der Waals surface area contributed by atoms with E-state index in [0.717, 1.165) is 30.9 Å². The molecule has 2 fully saturated rings. The van der Waals surface area contributed by atoms with E-state index in [-0.39, 0.29) is 0 Å². The fourth-order valence-electron chi connectivity index (χ4n) is 3.50. The summed E-state index contributed by atoms with van der Waals surface area (Å²) in [5.41, 5.74) is 0. The second-order valence-electron chi connectivity index (χ2n) is 5.84. The molecule has 1 aliphatic heterocycles. The second-order valence-corrected chi connectivity index (χ2v) is 5.84. The zero-order valence-electron chi connectivity index (χ0n) is 12.1. The largest absolute Gasteiger partial charge is 0.357 e. The van der Waals surface area contributed by atoms with Crippen molar-refractivity contribution in [2.75, 3.05) is 30.4 Å². The first-order chi connectivity index (χ1) is 10.3. The number of rotatable bonds is 3. The van der Waals surface area contributed by atoms with Gasteiger partial charge in [-0.05, 0) is 24.7 Å². The number of hydrogen-bond acceptors (Lipinski definition) is 6. The van der Waals surface area contributed by atoms with Crippen LogP contribution in [0.4, 0.5) is 11.9 Å². The van der Waals surface area contributed by atoms with Crippen LogP contribution in [-0.2, 0) is 0 Å². The van der Waals surface area contributed by atoms with Gasteiger partial charge in [0, 0.05) is 32.5 Å². The molecule has 0 spiro atoms. The molecule has 21 heavy (non-hydrogen) atoms. The molecule has 4 rings (SSSR count). The van der Waals surface area contributed by atoms with Gasteiger partial charge in [-0.25, -0.2) is 4.98 Å². The lowest BCUT2D eigenvalue weighted by Gasteiger charge is -2.18. The van der Waals surface area contributed by atoms with Crippen molar-refractivity contribution in [3.63, 3.8) is 0 Å². The molecule has 0 radical (unpaired) electrons. The van der Waals surface area contributed by atoms with Crippen molar-refractivity contribution in [1.29, 1.82) is 0 Å². The Bertz CT molecular complexity index is 612. The molecule has 2 unspecified atom stereocenters. The van der Waals surface area contributed by atoms with Crippen LogP contribution in [-0.4, -0.2) is 44.6 Å². The number of imidazole rings is 1. The highest BCUT2D eigenvalue weighted by atomic mass is 15.3. The molecule has 110 valence electrons. The average molecular weight is 285 g/mol. The number of nitrogens with zero attached hydrogens (tertiary/aromatic N) is 6. The maximum atomic E-state index is 4.62. The molecule has 2 aromatic heterocycles. The maximum absolute atomic E-state index is 4.62. The molecule has 1 saturated heterocycles. The van der Waals surface area contributed by atoms with Gasteiger partial charge in [0.05, 0.1) is 0 Å². The van der Waals surface area contributed by atoms with Crippen molar-refractivity contribution in [2.45, 2.75) is 19.3 Å². The topological polar surface area (TPSA) is 71.8 Å². The molecular formula is C14H19N7. The number of aromatic nitrogens is 5. The first-order valence-electron chi connectivity index (χ1n) is 7.50. The Labute approximate surface area is 123 Å². The molecule has 7 heteroatoms. The van der Waals surface area contributed by atoms with Gasteiger partial charge in [0.25, 0.3) is 0 Å². The number of anilines is 2. The van der Waals surface area contributed by atoms with Gasteiger partial charge in [0.15, 0.2) is 0 Å². The van der Waals surface area contributed by atoms with Gasteiger partial charge in [-0.2, -0.15) is 15.0 Å². The van der Waals surface area contributed by atoms with Crippen LogP contribution in [0.1, 0.15) is 19.3 Å². The van der Waals surface area contributed by atoms with Crippen LogP contribution in [0.2, 0.25) is 0 Å². The highest BCUT2D eigenvalue weighted by Gasteiger charge is 2.37. The molecule has 0 aromatic carbocycles. The monoisotopic (exact) mass is 285 g/mol. The first kappa shape index (κ1) is 12.6. The van der Waals surface area contributed by atoms with Gasteiger partial charge in [0.2, 0.25) is 17.8 Å². The summed E-state index contributed by atoms with van der Waals surface area (Å²) in [6, 6.07) is 0. The summed E-state index contributed by atoms with van der Waals surface area (Å²) in [5, 5.41) is 3.02. The van der Waals surface area contributed by atoms with E-state index < -0.39 is 0 Å². The van der Waals surface area contributed by atoms with E-state index in [9.17, 15) is 0 Å². The summed E-state index contributed by atoms with van der Waals surface area (Å²) in [4.78, 5) is 19.9. The highest BCUT2D eigenvalue weighted by Crippen LogP contribution is 2.38. The molecule has 1 saturated carbocycles. The van der Waals surface area contributed by atoms with Crippen molar-refractivity contribution in [2.24, 2.45) is 11.8 Å². The second kappa shape index (κ2) is 4.98. The standard InChI is InChI=1S/C14H19N7/c1-15-12-17-13(20-6-5-16-9-20)19-14(18-12)21-7-10-3-2-4-11(10)8-21/h5-6,9-11H,2-4,7-8H2,1H3,(H,15,17,18,19). The van der Waals surface area contributed by atoms with Crippen molar-refractivity contribution >= 4 is 11.9 Å². The van der Waals surface area contributed by atoms with E-state index in [1.54, 1.807) is 12.5 Å². The minimum atomic E-state index is 0.598. The van der Waals surface area contributed by atoms with Crippen LogP contribution in [0.25, 0.3) is 5.95 Å². The van der Waals surface area contributed by atoms with Crippen LogP contribution in [0, 0.1) is 11.8 Å². The van der Waals surface area contributed by atoms with Crippen LogP contribution >= 0.6 is 0 Å². The van der Waals surface area contributed by atoms with E-state index in [2.05, 4.69) is 30.2 Å². The Balaban J connectivity index is 1.67. The van der Waals surface area contributed by atoms with Crippen LogP contribution in [0.15, 0.2) is 18.7 Å². The number of nitrogens with one attached hydrogen (secondary N) is 1. The Morgan fingerprint density at radius 1 is 1.10 bits per heavy atom. The number of fused-ring (bicyclic) bond motifs is 1. The third-order valence-electron chi connectivity index (χ3n) is 4.58. The normalized spacial score (nSPS) is 24.3. The first-order valence-corrected chi connectivity index (χ1v) is 7.50. The van der Waals surface area contributed by atoms with Gasteiger partial charge in [-0.1, -0.05) is 6.42 Å². The fourth-order valence-corrected chi connectivity index (χ4v) is 3.50. The lowest BCUT2D eigenvalue weighted by atomic mass is 10.0. The van der Waals surface area contributed by atoms with Crippen LogP contribution in [0.3, 0.4) is 0 Å². The number of hydrogen-bond donors (Lipinski definition) is 1. The molecular weight excluding hydrogens is 266 g/mol. The Kier molecular flexibility index (Phi) is 2.98. The van der Waals surface area contributed by atoms with Gasteiger partial charge >= 0.3 is 0 Å². The van der Waals surface area contributed by atoms with E-state index in [1.807, 2.05) is 17.8 Å². The lowest BCUT2D eigenvalue weighted by molar-refractivity contribution is 0.494. The molecule has 1 N–H and O–H groups in total. The summed E-state index contributed by atoms with van der Waals surface area (Å²) in [7, 11) is 1.83. The molecule has 0 bridgehead atoms. The molecule has 0 amide bonds. The Hall–Kier alpha value is -2.18. The van der Waals surface area contributed by atoms with E-state index in [0.29, 0.717) is 11.9 Å². The molecule has 2 aromatic rings. The van der Waals surface area contributed by atoms with Crippen LogP contribution < -0.4 is 10.2 Å². The Morgan fingerprint density at radius 2 is 1.86 bits per heavy atom. The Morgan fingerprint density at radius 3 is 2.52 bits per heavy atom. The molecule has 3 heterocycles. The zero-order valence-corrected chi connectivity index (χ0v) is 12.1. The third-order valence-corrected chi connectivity index (χ3v) is 4.58. The van der Waals surface area contributed by atoms with E-state index in [4.69, 9.17) is 0 Å². The molecule has 2 aliphatic rings. The summed E-state index contributed by atoms with van der Waals surface area (Å²) in [6.07, 6.45) is 9.35. The fraction of sp³-hybridized carbons (Fsp3) is 0.571. The molecule has 1 aliphatic carbocycles. The van der Waals surface area contributed by atoms with Gasteiger partial charge in [0.1, 0.15) is 6.33 Å². The van der Waals surface area contributed by atoms with Crippen molar-refractivity contribution < 1.29 is 0 Å². The van der Waals surface area contributed by atoms with E-state index in [1.165, 1.54) is 19.3 Å². The van der Waals surface area contributed by atoms with Crippen molar-refractivity contribution in [1.82, 2.24) is 24.5 Å². The predicted octanol–water partition coefficient (Wildman–Crippen LogP) is 1.34. The van der Waals surface area contributed by atoms with Gasteiger partial charge in [-0.3, -0.25) is 4.57 Å². The van der Waals surface area contributed by atoms with Gasteiger partial charge < -0.3 is 10.2 Å². The minimum Gasteiger partial charge on any atom is -0.357 e. The summed E-state index contributed by atoms with van der Waals surface area (Å²) >= 11 is 0. The molecule has 2 atom stereocenters. The van der Waals surface area contributed by atoms with Gasteiger partial charge in [-0.15, -0.1) is 0 Å². The smallest absolute Gasteiger partial charge is 0.241 e. The average Bonchev–Trinajstić information content (AvgIpc) is 3.22. The summed E-state index contributed by atoms with van der Waals surface area (Å²) < 4.78 is 1.81. The summed E-state index contributed by atoms with van der Waals surface area (Å²) in [5.74, 6) is 3.61. The highest BCUT2D eigenvalue weighted by molar-refractivity contribution is 5.41. The van der Waals surface area contributed by atoms with E-state index >= 15 is 0 Å². The third kappa shape index (κ3) is 2.22. The maximum Gasteiger partial charge on any atom is 0.241 e. The SMILES string of the molecule is CNc1nc(N2CC3CCCC3C2)nc(-n2ccnc2)n1. The zero-order chi connectivity index (χ0) is 14.2. The van der Waals surface area contributed by atoms with Crippen molar-refractivity contribution in [3.8, 4) is 5.95 Å². The lowest BCUT2D eigenvalue weighted by Crippen LogP contribution is -2.24. The minimum absolute atomic E-state index is 0.598. The molecule has 7 nitrogen and oxygen atoms in total. The van der Waals surface area contributed by atoms with Crippen LogP contribution in [0.5, 0.6) is 0 Å². The quantitative estimate of drug-likeness (QED) is 0.917. The summed E-state index contributed by atoms with van der Waals surface area (Å²) in [6.45, 7) is 2.14. The predicted molar refractivity (Wildman–Crippen MR) is 79.5 cm³/mol.